The highest BCUT2D eigenvalue weighted by Crippen LogP contribution is 2.30. The number of nitrogens with one attached hydrogen (secondary N) is 2. The molecule has 1 aliphatic heterocycles. The number of amides is 1. The number of rotatable bonds is 5. The van der Waals surface area contributed by atoms with Gasteiger partial charge < -0.3 is 15.4 Å². The third-order valence-electron chi connectivity index (χ3n) is 4.52. The number of carbonyl (C=O) groups excluding carboxylic acids is 2. The lowest BCUT2D eigenvalue weighted by Crippen LogP contribution is -2.45. The lowest BCUT2D eigenvalue weighted by molar-refractivity contribution is -0.166. The molecule has 0 spiro atoms. The van der Waals surface area contributed by atoms with Gasteiger partial charge in [0.1, 0.15) is 5.60 Å². The van der Waals surface area contributed by atoms with E-state index < -0.39 is 17.4 Å². The molecule has 0 aliphatic carbocycles. The van der Waals surface area contributed by atoms with Crippen LogP contribution in [0.2, 0.25) is 0 Å². The topological polar surface area (TPSA) is 67.4 Å². The average molecular weight is 346 g/mol. The van der Waals surface area contributed by atoms with Gasteiger partial charge in [0, 0.05) is 11.6 Å². The highest BCUT2D eigenvalue weighted by Gasteiger charge is 2.39. The lowest BCUT2D eigenvalue weighted by atomic mass is 9.78. The highest BCUT2D eigenvalue weighted by molar-refractivity contribution is 5.95. The van der Waals surface area contributed by atoms with Crippen molar-refractivity contribution in [1.82, 2.24) is 5.32 Å². The SMILES string of the molecule is CC(C(=O)Nc1ccccc1)C(C(=O)OC(C)(C)C)C1CCCNC1. The van der Waals surface area contributed by atoms with Gasteiger partial charge in [-0.05, 0) is 64.8 Å². The molecule has 0 radical (unpaired) electrons. The summed E-state index contributed by atoms with van der Waals surface area (Å²) in [5.41, 5.74) is 0.177. The van der Waals surface area contributed by atoms with Crippen LogP contribution in [0.4, 0.5) is 5.69 Å². The van der Waals surface area contributed by atoms with Crippen LogP contribution in [0, 0.1) is 17.8 Å². The summed E-state index contributed by atoms with van der Waals surface area (Å²) < 4.78 is 5.63. The van der Waals surface area contributed by atoms with Crippen LogP contribution in [0.1, 0.15) is 40.5 Å². The number of esters is 1. The minimum absolute atomic E-state index is 0.111. The van der Waals surface area contributed by atoms with Gasteiger partial charge in [0.15, 0.2) is 0 Å². The van der Waals surface area contributed by atoms with Crippen LogP contribution in [-0.4, -0.2) is 30.6 Å². The zero-order valence-corrected chi connectivity index (χ0v) is 15.7. The van der Waals surface area contributed by atoms with Crippen molar-refractivity contribution >= 4 is 17.6 Å². The van der Waals surface area contributed by atoms with Crippen LogP contribution in [0.3, 0.4) is 0 Å². The molecule has 1 heterocycles. The molecule has 1 amide bonds. The van der Waals surface area contributed by atoms with Gasteiger partial charge >= 0.3 is 5.97 Å². The fraction of sp³-hybridized carbons (Fsp3) is 0.600. The summed E-state index contributed by atoms with van der Waals surface area (Å²) in [5, 5.41) is 6.25. The molecule has 5 nitrogen and oxygen atoms in total. The normalized spacial score (nSPS) is 20.4. The molecule has 3 atom stereocenters. The zero-order chi connectivity index (χ0) is 18.4. The second-order valence-electron chi connectivity index (χ2n) is 7.81. The Morgan fingerprint density at radius 3 is 2.48 bits per heavy atom. The molecule has 1 aliphatic rings. The molecule has 0 bridgehead atoms. The Morgan fingerprint density at radius 2 is 1.92 bits per heavy atom. The summed E-state index contributed by atoms with van der Waals surface area (Å²) in [6.45, 7) is 9.10. The Hall–Kier alpha value is -1.88. The third-order valence-corrected chi connectivity index (χ3v) is 4.52. The fourth-order valence-electron chi connectivity index (χ4n) is 3.30. The molecule has 25 heavy (non-hydrogen) atoms. The van der Waals surface area contributed by atoms with Gasteiger partial charge in [-0.15, -0.1) is 0 Å². The van der Waals surface area contributed by atoms with Crippen LogP contribution >= 0.6 is 0 Å². The van der Waals surface area contributed by atoms with Crippen molar-refractivity contribution in [3.8, 4) is 0 Å². The van der Waals surface area contributed by atoms with Crippen LogP contribution in [0.15, 0.2) is 30.3 Å². The summed E-state index contributed by atoms with van der Waals surface area (Å²) in [4.78, 5) is 25.6. The molecule has 2 N–H and O–H groups in total. The number of para-hydroxylation sites is 1. The van der Waals surface area contributed by atoms with E-state index in [2.05, 4.69) is 10.6 Å². The standard InChI is InChI=1S/C20H30N2O3/c1-14(18(23)22-16-10-6-5-7-11-16)17(15-9-8-12-21-13-15)19(24)25-20(2,3)4/h5-7,10-11,14-15,17,21H,8-9,12-13H2,1-4H3,(H,22,23). The number of hydrogen-bond acceptors (Lipinski definition) is 4. The Bertz CT molecular complexity index is 574. The van der Waals surface area contributed by atoms with Gasteiger partial charge in [-0.2, -0.15) is 0 Å². The van der Waals surface area contributed by atoms with Gasteiger partial charge in [-0.3, -0.25) is 9.59 Å². The van der Waals surface area contributed by atoms with E-state index in [1.165, 1.54) is 0 Å². The quantitative estimate of drug-likeness (QED) is 0.804. The van der Waals surface area contributed by atoms with Crippen molar-refractivity contribution in [3.63, 3.8) is 0 Å². The Kier molecular flexibility index (Phi) is 6.59. The van der Waals surface area contributed by atoms with Crippen molar-refractivity contribution < 1.29 is 14.3 Å². The number of benzene rings is 1. The number of hydrogen-bond donors (Lipinski definition) is 2. The molecule has 1 aromatic rings. The molecule has 2 rings (SSSR count). The second-order valence-corrected chi connectivity index (χ2v) is 7.81. The molecule has 3 unspecified atom stereocenters. The van der Waals surface area contributed by atoms with E-state index >= 15 is 0 Å². The minimum atomic E-state index is -0.562. The van der Waals surface area contributed by atoms with E-state index in [4.69, 9.17) is 4.74 Å². The number of piperidine rings is 1. The second kappa shape index (κ2) is 8.48. The Morgan fingerprint density at radius 1 is 1.24 bits per heavy atom. The maximum absolute atomic E-state index is 12.8. The van der Waals surface area contributed by atoms with Gasteiger partial charge in [0.25, 0.3) is 0 Å². The fourth-order valence-corrected chi connectivity index (χ4v) is 3.30. The molecular formula is C20H30N2O3. The van der Waals surface area contributed by atoms with E-state index in [0.717, 1.165) is 31.6 Å². The predicted octanol–water partition coefficient (Wildman–Crippen LogP) is 3.22. The predicted molar refractivity (Wildman–Crippen MR) is 99.2 cm³/mol. The van der Waals surface area contributed by atoms with Crippen LogP contribution in [0.25, 0.3) is 0 Å². The summed E-state index contributed by atoms with van der Waals surface area (Å²) in [5.74, 6) is -1.22. The van der Waals surface area contributed by atoms with E-state index in [0.29, 0.717) is 0 Å². The molecule has 0 saturated carbocycles. The van der Waals surface area contributed by atoms with Gasteiger partial charge in [-0.1, -0.05) is 25.1 Å². The number of anilines is 1. The average Bonchev–Trinajstić information content (AvgIpc) is 2.55. The van der Waals surface area contributed by atoms with Crippen molar-refractivity contribution in [1.29, 1.82) is 0 Å². The molecular weight excluding hydrogens is 316 g/mol. The van der Waals surface area contributed by atoms with E-state index in [-0.39, 0.29) is 17.8 Å². The smallest absolute Gasteiger partial charge is 0.310 e. The first-order chi connectivity index (χ1) is 11.8. The number of ether oxygens (including phenoxy) is 1. The van der Waals surface area contributed by atoms with Gasteiger partial charge in [0.2, 0.25) is 5.91 Å². The summed E-state index contributed by atoms with van der Waals surface area (Å²) in [7, 11) is 0. The Balaban J connectivity index is 2.14. The van der Waals surface area contributed by atoms with Crippen molar-refractivity contribution in [2.75, 3.05) is 18.4 Å². The first-order valence-electron chi connectivity index (χ1n) is 9.07. The molecule has 5 heteroatoms. The summed E-state index contributed by atoms with van der Waals surface area (Å²) in [6, 6.07) is 9.33. The van der Waals surface area contributed by atoms with Crippen molar-refractivity contribution in [2.45, 2.75) is 46.1 Å². The molecule has 1 aromatic carbocycles. The molecule has 138 valence electrons. The lowest BCUT2D eigenvalue weighted by Gasteiger charge is -2.34. The third kappa shape index (κ3) is 5.85. The van der Waals surface area contributed by atoms with Gasteiger partial charge in [0.05, 0.1) is 5.92 Å². The van der Waals surface area contributed by atoms with Crippen LogP contribution in [-0.2, 0) is 14.3 Å². The highest BCUT2D eigenvalue weighted by atomic mass is 16.6. The van der Waals surface area contributed by atoms with E-state index in [1.54, 1.807) is 0 Å². The number of carbonyl (C=O) groups is 2. The molecule has 0 aromatic heterocycles. The summed E-state index contributed by atoms with van der Waals surface area (Å²) in [6.07, 6.45) is 1.94. The van der Waals surface area contributed by atoms with Crippen molar-refractivity contribution in [2.24, 2.45) is 17.8 Å². The first kappa shape index (κ1) is 19.4. The first-order valence-corrected chi connectivity index (χ1v) is 9.07. The zero-order valence-electron chi connectivity index (χ0n) is 15.7. The van der Waals surface area contributed by atoms with E-state index in [1.807, 2.05) is 58.0 Å². The van der Waals surface area contributed by atoms with Crippen LogP contribution in [0.5, 0.6) is 0 Å². The monoisotopic (exact) mass is 346 g/mol. The maximum Gasteiger partial charge on any atom is 0.310 e. The van der Waals surface area contributed by atoms with Gasteiger partial charge in [-0.25, -0.2) is 0 Å². The van der Waals surface area contributed by atoms with E-state index in [9.17, 15) is 9.59 Å². The largest absolute Gasteiger partial charge is 0.460 e. The molecule has 1 saturated heterocycles. The Labute approximate surface area is 150 Å². The minimum Gasteiger partial charge on any atom is -0.460 e. The summed E-state index contributed by atoms with van der Waals surface area (Å²) >= 11 is 0. The maximum atomic E-state index is 12.8. The molecule has 1 fully saturated rings. The van der Waals surface area contributed by atoms with Crippen LogP contribution < -0.4 is 10.6 Å². The van der Waals surface area contributed by atoms with Crippen molar-refractivity contribution in [3.05, 3.63) is 30.3 Å².